The lowest BCUT2D eigenvalue weighted by Crippen LogP contribution is -2.65. The van der Waals surface area contributed by atoms with Crippen LogP contribution in [0.25, 0.3) is 5.76 Å². The summed E-state index contributed by atoms with van der Waals surface area (Å²) in [7, 11) is 6.60. The number of benzene rings is 1. The molecule has 13 heteroatoms. The van der Waals surface area contributed by atoms with Gasteiger partial charge >= 0.3 is 6.09 Å². The molecule has 0 aliphatic heterocycles. The topological polar surface area (TPSA) is 203 Å². The molecule has 1 fully saturated rings. The van der Waals surface area contributed by atoms with E-state index in [1.54, 1.807) is 46.1 Å². The van der Waals surface area contributed by atoms with Crippen molar-refractivity contribution in [2.24, 2.45) is 17.6 Å². The van der Waals surface area contributed by atoms with Crippen LogP contribution in [0.1, 0.15) is 30.0 Å². The SMILES string of the molecule is CCOC(=O)NCc1cc(N(C)C)c2c(c1O)C(O)=C1C(=O)[C@]3(O)C(O)=C(C(N)=O)C(=O)C(N(C)C)[C@@H]3C[C@@H]1C2. The molecule has 0 spiro atoms. The number of hydrogen-bond acceptors (Lipinski definition) is 11. The third-order valence-electron chi connectivity index (χ3n) is 7.96. The Balaban J connectivity index is 1.92. The number of nitrogens with one attached hydrogen (secondary N) is 1. The molecule has 4 atom stereocenters. The molecule has 13 nitrogen and oxygen atoms in total. The summed E-state index contributed by atoms with van der Waals surface area (Å²) < 4.78 is 4.87. The Morgan fingerprint density at radius 2 is 1.82 bits per heavy atom. The summed E-state index contributed by atoms with van der Waals surface area (Å²) in [4.78, 5) is 54.4. The number of hydrogen-bond donors (Lipinski definition) is 6. The Morgan fingerprint density at radius 1 is 1.18 bits per heavy atom. The van der Waals surface area contributed by atoms with Crippen molar-refractivity contribution >= 4 is 35.0 Å². The Morgan fingerprint density at radius 3 is 2.38 bits per heavy atom. The molecule has 1 unspecified atom stereocenters. The van der Waals surface area contributed by atoms with Crippen molar-refractivity contribution in [3.63, 3.8) is 0 Å². The van der Waals surface area contributed by atoms with Crippen LogP contribution in [0.2, 0.25) is 0 Å². The molecule has 1 aromatic rings. The second-order valence-corrected chi connectivity index (χ2v) is 10.7. The Bertz CT molecular complexity index is 1380. The maximum atomic E-state index is 14.0. The van der Waals surface area contributed by atoms with Gasteiger partial charge in [-0.2, -0.15) is 0 Å². The summed E-state index contributed by atoms with van der Waals surface area (Å²) >= 11 is 0. The minimum atomic E-state index is -2.71. The van der Waals surface area contributed by atoms with E-state index in [0.717, 1.165) is 0 Å². The number of ether oxygens (including phenoxy) is 1. The van der Waals surface area contributed by atoms with E-state index in [1.165, 1.54) is 4.90 Å². The van der Waals surface area contributed by atoms with Gasteiger partial charge in [0.15, 0.2) is 11.4 Å². The largest absolute Gasteiger partial charge is 0.508 e. The van der Waals surface area contributed by atoms with E-state index in [0.29, 0.717) is 11.3 Å². The third-order valence-corrected chi connectivity index (χ3v) is 7.96. The number of aliphatic hydroxyl groups excluding tert-OH is 2. The van der Waals surface area contributed by atoms with Gasteiger partial charge in [0.2, 0.25) is 5.78 Å². The average Bonchev–Trinajstić information content (AvgIpc) is 2.85. The van der Waals surface area contributed by atoms with Gasteiger partial charge in [-0.15, -0.1) is 0 Å². The van der Waals surface area contributed by atoms with E-state index in [4.69, 9.17) is 10.5 Å². The van der Waals surface area contributed by atoms with Crippen LogP contribution in [0.15, 0.2) is 23.0 Å². The second-order valence-electron chi connectivity index (χ2n) is 10.7. The first-order valence-corrected chi connectivity index (χ1v) is 12.8. The molecule has 216 valence electrons. The van der Waals surface area contributed by atoms with Crippen LogP contribution < -0.4 is 16.0 Å². The third kappa shape index (κ3) is 4.16. The van der Waals surface area contributed by atoms with Crippen molar-refractivity contribution in [1.29, 1.82) is 0 Å². The Labute approximate surface area is 230 Å². The zero-order chi connectivity index (χ0) is 29.8. The Hall–Kier alpha value is -4.10. The highest BCUT2D eigenvalue weighted by Gasteiger charge is 2.64. The van der Waals surface area contributed by atoms with Crippen molar-refractivity contribution < 1.29 is 44.3 Å². The van der Waals surface area contributed by atoms with Crippen LogP contribution in [-0.4, -0.2) is 95.3 Å². The van der Waals surface area contributed by atoms with E-state index in [9.17, 15) is 39.6 Å². The number of ketones is 2. The van der Waals surface area contributed by atoms with Gasteiger partial charge in [0.1, 0.15) is 22.8 Å². The summed E-state index contributed by atoms with van der Waals surface area (Å²) in [6.45, 7) is 1.63. The number of phenols is 1. The molecule has 1 saturated carbocycles. The average molecular weight is 559 g/mol. The van der Waals surface area contributed by atoms with Crippen LogP contribution in [0.3, 0.4) is 0 Å². The van der Waals surface area contributed by atoms with Crippen LogP contribution >= 0.6 is 0 Å². The zero-order valence-corrected chi connectivity index (χ0v) is 22.9. The van der Waals surface area contributed by atoms with Gasteiger partial charge in [-0.05, 0) is 51.4 Å². The van der Waals surface area contributed by atoms with Crippen LogP contribution in [0.5, 0.6) is 5.75 Å². The van der Waals surface area contributed by atoms with Gasteiger partial charge in [-0.3, -0.25) is 19.3 Å². The van der Waals surface area contributed by atoms with Crippen molar-refractivity contribution in [3.05, 3.63) is 39.7 Å². The summed E-state index contributed by atoms with van der Waals surface area (Å²) in [5.41, 5.74) is 2.83. The number of likely N-dealkylation sites (N-methyl/N-ethyl adjacent to an activating group) is 1. The van der Waals surface area contributed by atoms with Gasteiger partial charge < -0.3 is 41.1 Å². The first kappa shape index (κ1) is 28.9. The number of nitrogens with zero attached hydrogens (tertiary/aromatic N) is 2. The number of carbonyl (C=O) groups excluding carboxylic acids is 4. The van der Waals surface area contributed by atoms with Gasteiger partial charge in [0.25, 0.3) is 5.91 Å². The number of anilines is 1. The molecule has 40 heavy (non-hydrogen) atoms. The first-order chi connectivity index (χ1) is 18.7. The normalized spacial score (nSPS) is 25.8. The number of amides is 2. The lowest BCUT2D eigenvalue weighted by atomic mass is 9.57. The minimum absolute atomic E-state index is 0.00838. The number of aromatic hydroxyl groups is 1. The van der Waals surface area contributed by atoms with E-state index in [2.05, 4.69) is 5.32 Å². The highest BCUT2D eigenvalue weighted by Crippen LogP contribution is 2.54. The summed E-state index contributed by atoms with van der Waals surface area (Å²) in [5, 5.41) is 47.9. The zero-order valence-electron chi connectivity index (χ0n) is 22.9. The van der Waals surface area contributed by atoms with Gasteiger partial charge in [0, 0.05) is 43.4 Å². The fraction of sp³-hybridized carbons (Fsp3) is 0.481. The molecule has 3 aliphatic rings. The number of rotatable bonds is 6. The molecular formula is C27H34N4O9. The van der Waals surface area contributed by atoms with Gasteiger partial charge in [0.05, 0.1) is 18.2 Å². The number of carbonyl (C=O) groups is 4. The molecule has 0 heterocycles. The molecule has 1 aromatic carbocycles. The van der Waals surface area contributed by atoms with E-state index >= 15 is 0 Å². The van der Waals surface area contributed by atoms with E-state index in [1.807, 2.05) is 0 Å². The molecular weight excluding hydrogens is 524 g/mol. The number of phenolic OH excluding ortho intramolecular Hbond substituents is 1. The predicted molar refractivity (Wildman–Crippen MR) is 142 cm³/mol. The van der Waals surface area contributed by atoms with Crippen molar-refractivity contribution in [1.82, 2.24) is 10.2 Å². The fourth-order valence-electron chi connectivity index (χ4n) is 6.23. The van der Waals surface area contributed by atoms with Crippen molar-refractivity contribution in [3.8, 4) is 5.75 Å². The number of fused-ring (bicyclic) bond motifs is 3. The lowest BCUT2D eigenvalue weighted by molar-refractivity contribution is -0.153. The summed E-state index contributed by atoms with van der Waals surface area (Å²) in [6.07, 6.45) is -0.563. The van der Waals surface area contributed by atoms with Crippen LogP contribution in [0, 0.1) is 11.8 Å². The van der Waals surface area contributed by atoms with Crippen molar-refractivity contribution in [2.45, 2.75) is 38.0 Å². The molecule has 3 aliphatic carbocycles. The molecule has 7 N–H and O–H groups in total. The second kappa shape index (κ2) is 10.1. The Kier molecular flexibility index (Phi) is 7.32. The summed E-state index contributed by atoms with van der Waals surface area (Å²) in [6, 6.07) is 0.496. The maximum Gasteiger partial charge on any atom is 0.407 e. The number of nitrogens with two attached hydrogens (primary N) is 1. The van der Waals surface area contributed by atoms with E-state index in [-0.39, 0.29) is 48.4 Å². The monoisotopic (exact) mass is 558 g/mol. The molecule has 2 amide bonds. The van der Waals surface area contributed by atoms with E-state index < -0.39 is 64.1 Å². The maximum absolute atomic E-state index is 14.0. The molecule has 0 radical (unpaired) electrons. The molecule has 0 aromatic heterocycles. The van der Waals surface area contributed by atoms with Crippen molar-refractivity contribution in [2.75, 3.05) is 39.7 Å². The predicted octanol–water partition coefficient (Wildman–Crippen LogP) is 0.276. The molecule has 4 rings (SSSR count). The van der Waals surface area contributed by atoms with Gasteiger partial charge in [-0.25, -0.2) is 4.79 Å². The number of aliphatic hydroxyl groups is 3. The summed E-state index contributed by atoms with van der Waals surface area (Å²) in [5.74, 6) is -7.17. The smallest absolute Gasteiger partial charge is 0.407 e. The minimum Gasteiger partial charge on any atom is -0.508 e. The number of primary amides is 1. The number of alkyl carbamates (subject to hydrolysis) is 1. The standard InChI is InChI=1S/C27H34N4O9/c1-6-40-26(38)29-10-12-9-15(30(2)3)13-7-11-8-14-19(31(4)5)22(34)18(25(28)37)24(36)27(14,39)23(35)16(11)21(33)17(13)20(12)32/h9,11,14,19,32-33,36,39H,6-8,10H2,1-5H3,(H2,28,37)(H,29,38)/t11-,14-,19?,27-/m0/s1. The molecule has 0 bridgehead atoms. The quantitative estimate of drug-likeness (QED) is 0.262. The lowest BCUT2D eigenvalue weighted by Gasteiger charge is -2.50. The number of Topliss-reactive ketones (excluding diaryl/α,β-unsaturated/α-hetero) is 2. The highest BCUT2D eigenvalue weighted by molar-refractivity contribution is 6.24. The van der Waals surface area contributed by atoms with Gasteiger partial charge in [-0.1, -0.05) is 0 Å². The first-order valence-electron chi connectivity index (χ1n) is 12.8. The highest BCUT2D eigenvalue weighted by atomic mass is 16.5. The van der Waals surface area contributed by atoms with Crippen LogP contribution in [-0.2, 0) is 32.1 Å². The molecule has 0 saturated heterocycles. The van der Waals surface area contributed by atoms with Crippen LogP contribution in [0.4, 0.5) is 10.5 Å². The fourth-order valence-corrected chi connectivity index (χ4v) is 6.23.